The summed E-state index contributed by atoms with van der Waals surface area (Å²) in [6.07, 6.45) is -10.2. The minimum Gasteiger partial charge on any atom is -0.388 e. The fourth-order valence-corrected chi connectivity index (χ4v) is 2.84. The van der Waals surface area contributed by atoms with Gasteiger partial charge in [0.15, 0.2) is 0 Å². The van der Waals surface area contributed by atoms with Gasteiger partial charge in [-0.1, -0.05) is 45.0 Å². The van der Waals surface area contributed by atoms with E-state index in [2.05, 4.69) is 0 Å². The molecule has 0 aliphatic rings. The van der Waals surface area contributed by atoms with Crippen LogP contribution in [0.2, 0.25) is 0 Å². The van der Waals surface area contributed by atoms with E-state index >= 15 is 0 Å². The van der Waals surface area contributed by atoms with E-state index in [1.165, 1.54) is 26.0 Å². The van der Waals surface area contributed by atoms with Crippen LogP contribution in [0.3, 0.4) is 0 Å². The van der Waals surface area contributed by atoms with Gasteiger partial charge in [0.05, 0.1) is 12.0 Å². The summed E-state index contributed by atoms with van der Waals surface area (Å²) in [7, 11) is 0. The number of aliphatic hydroxyl groups is 1. The molecule has 0 aromatic heterocycles. The van der Waals surface area contributed by atoms with Crippen LogP contribution in [0.15, 0.2) is 24.3 Å². The van der Waals surface area contributed by atoms with E-state index in [4.69, 9.17) is 0 Å². The molecule has 2 unspecified atom stereocenters. The average Bonchev–Trinajstić information content (AvgIpc) is 2.65. The third kappa shape index (κ3) is 4.03. The van der Waals surface area contributed by atoms with Gasteiger partial charge in [-0.25, -0.2) is 0 Å². The largest absolute Gasteiger partial charge is 0.460 e. The van der Waals surface area contributed by atoms with Crippen LogP contribution in [-0.2, 0) is 0 Å². The highest BCUT2D eigenvalue weighted by atomic mass is 19.4. The van der Waals surface area contributed by atoms with Crippen LogP contribution in [0.25, 0.3) is 0 Å². The molecule has 14 heteroatoms. The first-order valence-corrected chi connectivity index (χ1v) is 8.72. The minimum absolute atomic E-state index is 0.0335. The lowest BCUT2D eigenvalue weighted by atomic mass is 9.81. The summed E-state index contributed by atoms with van der Waals surface area (Å²) >= 11 is 0. The van der Waals surface area contributed by atoms with E-state index in [1.807, 2.05) is 0 Å². The van der Waals surface area contributed by atoms with Crippen molar-refractivity contribution in [1.82, 2.24) is 0 Å². The standard InChI is InChI=1S/C18H17F13O/c1-8(2)10-6-4-5-7-11(10)12(32)9(3)13(19,20)14(21,22)15(23,24)16(25,26)17(27,28)18(29,30)31/h4-9,12,32H,1-3H3. The third-order valence-corrected chi connectivity index (χ3v) is 4.94. The molecular formula is C18H17F13O. The molecular weight excluding hydrogens is 479 g/mol. The Morgan fingerprint density at radius 1 is 0.594 bits per heavy atom. The van der Waals surface area contributed by atoms with Gasteiger partial charge in [-0.15, -0.1) is 0 Å². The van der Waals surface area contributed by atoms with Gasteiger partial charge in [0.2, 0.25) is 0 Å². The predicted molar refractivity (Wildman–Crippen MR) is 85.4 cm³/mol. The summed E-state index contributed by atoms with van der Waals surface area (Å²) < 4.78 is 173. The zero-order chi connectivity index (χ0) is 25.7. The van der Waals surface area contributed by atoms with Crippen molar-refractivity contribution >= 4 is 0 Å². The maximum atomic E-state index is 14.3. The molecule has 0 spiro atoms. The van der Waals surface area contributed by atoms with E-state index in [0.717, 1.165) is 12.1 Å². The lowest BCUT2D eigenvalue weighted by molar-refractivity contribution is -0.444. The van der Waals surface area contributed by atoms with Crippen molar-refractivity contribution in [2.45, 2.75) is 68.6 Å². The molecule has 0 amide bonds. The first kappa shape index (κ1) is 28.3. The molecule has 1 aromatic carbocycles. The first-order chi connectivity index (χ1) is 14.0. The smallest absolute Gasteiger partial charge is 0.388 e. The molecule has 1 rings (SSSR count). The van der Waals surface area contributed by atoms with Gasteiger partial charge in [0, 0.05) is 0 Å². The van der Waals surface area contributed by atoms with Crippen molar-refractivity contribution in [2.24, 2.45) is 5.92 Å². The predicted octanol–water partition coefficient (Wildman–Crippen LogP) is 7.22. The Morgan fingerprint density at radius 2 is 0.969 bits per heavy atom. The lowest BCUT2D eigenvalue weighted by Gasteiger charge is -2.42. The van der Waals surface area contributed by atoms with Gasteiger partial charge in [0.1, 0.15) is 0 Å². The number of hydrogen-bond donors (Lipinski definition) is 1. The fraction of sp³-hybridized carbons (Fsp3) is 0.667. The van der Waals surface area contributed by atoms with E-state index in [0.29, 0.717) is 0 Å². The van der Waals surface area contributed by atoms with Gasteiger partial charge < -0.3 is 5.11 Å². The fourth-order valence-electron chi connectivity index (χ4n) is 2.84. The molecule has 0 aliphatic heterocycles. The van der Waals surface area contributed by atoms with Crippen molar-refractivity contribution in [3.8, 4) is 0 Å². The van der Waals surface area contributed by atoms with Gasteiger partial charge in [-0.3, -0.25) is 0 Å². The van der Waals surface area contributed by atoms with E-state index in [-0.39, 0.29) is 12.5 Å². The van der Waals surface area contributed by atoms with Crippen LogP contribution in [0.1, 0.15) is 43.9 Å². The number of hydrogen-bond acceptors (Lipinski definition) is 1. The van der Waals surface area contributed by atoms with Crippen molar-refractivity contribution in [3.05, 3.63) is 35.4 Å². The number of halogens is 13. The quantitative estimate of drug-likeness (QED) is 0.377. The number of rotatable bonds is 8. The van der Waals surface area contributed by atoms with Crippen LogP contribution in [-0.4, -0.2) is 40.9 Å². The molecule has 1 N–H and O–H groups in total. The number of alkyl halides is 13. The highest BCUT2D eigenvalue weighted by Crippen LogP contribution is 2.62. The topological polar surface area (TPSA) is 20.2 Å². The molecule has 0 saturated carbocycles. The SMILES string of the molecule is CC(C)c1ccccc1C(O)C(C)C(F)(F)C(F)(F)C(F)(F)C(F)(F)C(F)(F)C(F)(F)F. The molecule has 0 bridgehead atoms. The van der Waals surface area contributed by atoms with Crippen LogP contribution >= 0.6 is 0 Å². The van der Waals surface area contributed by atoms with Crippen molar-refractivity contribution in [1.29, 1.82) is 0 Å². The molecule has 1 aromatic rings. The molecule has 0 aliphatic carbocycles. The Kier molecular flexibility index (Phi) is 7.29. The van der Waals surface area contributed by atoms with Crippen LogP contribution in [0, 0.1) is 5.92 Å². The van der Waals surface area contributed by atoms with Gasteiger partial charge in [-0.2, -0.15) is 57.1 Å². The first-order valence-electron chi connectivity index (χ1n) is 8.72. The molecule has 186 valence electrons. The molecule has 32 heavy (non-hydrogen) atoms. The van der Waals surface area contributed by atoms with E-state index in [1.54, 1.807) is 0 Å². The Labute approximate surface area is 173 Å². The zero-order valence-corrected chi connectivity index (χ0v) is 16.4. The van der Waals surface area contributed by atoms with Crippen LogP contribution in [0.4, 0.5) is 57.1 Å². The number of aliphatic hydroxyl groups excluding tert-OH is 1. The molecule has 0 saturated heterocycles. The molecule has 0 radical (unpaired) electrons. The average molecular weight is 496 g/mol. The Morgan fingerprint density at radius 3 is 1.34 bits per heavy atom. The van der Waals surface area contributed by atoms with Gasteiger partial charge >= 0.3 is 35.8 Å². The maximum Gasteiger partial charge on any atom is 0.460 e. The maximum absolute atomic E-state index is 14.3. The summed E-state index contributed by atoms with van der Waals surface area (Å²) in [5.41, 5.74) is -0.409. The normalized spacial score (nSPS) is 16.9. The van der Waals surface area contributed by atoms with Crippen molar-refractivity contribution in [3.63, 3.8) is 0 Å². The number of benzene rings is 1. The van der Waals surface area contributed by atoms with E-state index < -0.39 is 59.3 Å². The second-order valence-corrected chi connectivity index (χ2v) is 7.44. The zero-order valence-electron chi connectivity index (χ0n) is 16.4. The van der Waals surface area contributed by atoms with E-state index in [9.17, 15) is 62.2 Å². The highest BCUT2D eigenvalue weighted by molar-refractivity contribution is 5.32. The highest BCUT2D eigenvalue weighted by Gasteiger charge is 2.91. The molecule has 0 heterocycles. The molecule has 0 fully saturated rings. The third-order valence-electron chi connectivity index (χ3n) is 4.94. The Balaban J connectivity index is 3.54. The summed E-state index contributed by atoms with van der Waals surface area (Å²) in [6.45, 7) is 2.97. The molecule has 2 atom stereocenters. The van der Waals surface area contributed by atoms with Crippen LogP contribution in [0.5, 0.6) is 0 Å². The Bertz CT molecular complexity index is 798. The lowest BCUT2D eigenvalue weighted by Crippen LogP contribution is -2.71. The minimum atomic E-state index is -7.97. The van der Waals surface area contributed by atoms with Gasteiger partial charge in [0.25, 0.3) is 0 Å². The summed E-state index contributed by atoms with van der Waals surface area (Å²) in [5, 5.41) is 10.1. The van der Waals surface area contributed by atoms with Crippen LogP contribution < -0.4 is 0 Å². The molecule has 1 nitrogen and oxygen atoms in total. The second kappa shape index (κ2) is 8.24. The summed E-state index contributed by atoms with van der Waals surface area (Å²) in [5.74, 6) is -41.3. The summed E-state index contributed by atoms with van der Waals surface area (Å²) in [6, 6.07) is 4.67. The van der Waals surface area contributed by atoms with Crippen molar-refractivity contribution in [2.75, 3.05) is 0 Å². The monoisotopic (exact) mass is 496 g/mol. The summed E-state index contributed by atoms with van der Waals surface area (Å²) in [4.78, 5) is 0. The Hall–Kier alpha value is -1.73. The van der Waals surface area contributed by atoms with Gasteiger partial charge in [-0.05, 0) is 17.0 Å². The van der Waals surface area contributed by atoms with Crippen molar-refractivity contribution < 1.29 is 62.2 Å². The second-order valence-electron chi connectivity index (χ2n) is 7.44.